The second-order valence-corrected chi connectivity index (χ2v) is 8.31. The van der Waals surface area contributed by atoms with Gasteiger partial charge in [0.1, 0.15) is 0 Å². The third-order valence-electron chi connectivity index (χ3n) is 4.79. The van der Waals surface area contributed by atoms with Crippen molar-refractivity contribution in [3.05, 3.63) is 17.5 Å². The van der Waals surface area contributed by atoms with Crippen LogP contribution < -0.4 is 11.2 Å². The molecule has 26 heavy (non-hydrogen) atoms. The highest BCUT2D eigenvalue weighted by Crippen LogP contribution is 2.24. The summed E-state index contributed by atoms with van der Waals surface area (Å²) in [6.45, 7) is 6.46. The molecule has 2 heterocycles. The maximum Gasteiger partial charge on any atom is 0.271 e. The molecule has 8 nitrogen and oxygen atoms in total. The van der Waals surface area contributed by atoms with Gasteiger partial charge in [0.05, 0.1) is 10.9 Å². The number of hydrogen-bond donors (Lipinski definition) is 2. The highest BCUT2D eigenvalue weighted by molar-refractivity contribution is 8.00. The normalized spacial score (nSPS) is 16.6. The molecule has 0 aromatic carbocycles. The zero-order valence-electron chi connectivity index (χ0n) is 15.6. The molecule has 0 aliphatic heterocycles. The lowest BCUT2D eigenvalue weighted by Gasteiger charge is -2.22. The van der Waals surface area contributed by atoms with E-state index in [-0.39, 0.29) is 11.2 Å². The minimum Gasteiger partial charge on any atom is -0.355 e. The number of carbonyl (C=O) groups is 1. The molecule has 1 aliphatic rings. The fourth-order valence-corrected chi connectivity index (χ4v) is 4.11. The number of amides is 1. The van der Waals surface area contributed by atoms with Gasteiger partial charge >= 0.3 is 0 Å². The Kier molecular flexibility index (Phi) is 5.85. The molecule has 2 aromatic rings. The highest BCUT2D eigenvalue weighted by Gasteiger charge is 2.22. The van der Waals surface area contributed by atoms with Crippen molar-refractivity contribution < 1.29 is 4.79 Å². The van der Waals surface area contributed by atoms with Crippen LogP contribution in [0.25, 0.3) is 5.95 Å². The van der Waals surface area contributed by atoms with E-state index in [0.717, 1.165) is 17.9 Å². The van der Waals surface area contributed by atoms with Gasteiger partial charge in [-0.1, -0.05) is 31.0 Å². The van der Waals surface area contributed by atoms with E-state index in [1.165, 1.54) is 48.5 Å². The molecule has 1 saturated carbocycles. The first kappa shape index (κ1) is 18.8. The lowest BCUT2D eigenvalue weighted by Crippen LogP contribution is -2.35. The van der Waals surface area contributed by atoms with Gasteiger partial charge in [0.2, 0.25) is 11.1 Å². The smallest absolute Gasteiger partial charge is 0.271 e. The summed E-state index contributed by atoms with van der Waals surface area (Å²) < 4.78 is 3.04. The number of nitrogens with two attached hydrogens (primary N) is 1. The zero-order chi connectivity index (χ0) is 18.7. The number of thioether (sulfide) groups is 1. The molecule has 2 aromatic heterocycles. The summed E-state index contributed by atoms with van der Waals surface area (Å²) in [7, 11) is 0. The Morgan fingerprint density at radius 3 is 2.73 bits per heavy atom. The SMILES string of the molecule is Cc1cc(C)n(-c2nnc(SC(C)C(=O)NCC3CCCCC3)n2N)n1. The molecule has 1 fully saturated rings. The molecule has 0 saturated heterocycles. The van der Waals surface area contributed by atoms with Crippen LogP contribution in [0.2, 0.25) is 0 Å². The lowest BCUT2D eigenvalue weighted by molar-refractivity contribution is -0.120. The van der Waals surface area contributed by atoms with E-state index in [0.29, 0.717) is 17.0 Å². The molecular formula is C17H27N7OS. The fourth-order valence-electron chi connectivity index (χ4n) is 3.32. The minimum atomic E-state index is -0.293. The summed E-state index contributed by atoms with van der Waals surface area (Å²) in [5, 5.41) is 15.9. The van der Waals surface area contributed by atoms with Gasteiger partial charge in [-0.05, 0) is 45.6 Å². The summed E-state index contributed by atoms with van der Waals surface area (Å²) in [6.07, 6.45) is 6.29. The van der Waals surface area contributed by atoms with Gasteiger partial charge in [-0.3, -0.25) is 4.79 Å². The van der Waals surface area contributed by atoms with Crippen LogP contribution >= 0.6 is 11.8 Å². The summed E-state index contributed by atoms with van der Waals surface area (Å²) in [5.41, 5.74) is 1.81. The molecule has 9 heteroatoms. The van der Waals surface area contributed by atoms with Gasteiger partial charge < -0.3 is 11.2 Å². The number of aromatic nitrogens is 5. The molecule has 142 valence electrons. The van der Waals surface area contributed by atoms with Gasteiger partial charge in [-0.25, -0.2) is 9.36 Å². The number of carbonyl (C=O) groups excluding carboxylic acids is 1. The quantitative estimate of drug-likeness (QED) is 0.589. The first-order valence-electron chi connectivity index (χ1n) is 9.14. The van der Waals surface area contributed by atoms with Crippen molar-refractivity contribution in [1.29, 1.82) is 0 Å². The molecule has 0 spiro atoms. The van der Waals surface area contributed by atoms with E-state index < -0.39 is 0 Å². The maximum absolute atomic E-state index is 12.4. The van der Waals surface area contributed by atoms with Gasteiger partial charge in [-0.2, -0.15) is 5.10 Å². The third-order valence-corrected chi connectivity index (χ3v) is 5.84. The first-order valence-corrected chi connectivity index (χ1v) is 10.0. The number of nitrogen functional groups attached to an aromatic ring is 1. The van der Waals surface area contributed by atoms with Gasteiger partial charge in [0.15, 0.2) is 0 Å². The standard InChI is InChI=1S/C17H27N7OS/c1-11-9-12(2)24(22-11)16-20-21-17(23(16)18)26-13(3)15(25)19-10-14-7-5-4-6-8-14/h9,13-14H,4-8,10,18H2,1-3H3,(H,19,25). The van der Waals surface area contributed by atoms with Crippen molar-refractivity contribution in [2.24, 2.45) is 5.92 Å². The topological polar surface area (TPSA) is 104 Å². The second-order valence-electron chi connectivity index (χ2n) is 7.00. The minimum absolute atomic E-state index is 0.0104. The predicted molar refractivity (Wildman–Crippen MR) is 102 cm³/mol. The van der Waals surface area contributed by atoms with Crippen molar-refractivity contribution in [3.63, 3.8) is 0 Å². The monoisotopic (exact) mass is 377 g/mol. The van der Waals surface area contributed by atoms with E-state index in [1.807, 2.05) is 26.8 Å². The summed E-state index contributed by atoms with van der Waals surface area (Å²) >= 11 is 1.30. The fraction of sp³-hybridized carbons (Fsp3) is 0.647. The molecule has 3 rings (SSSR count). The summed E-state index contributed by atoms with van der Waals surface area (Å²) in [6, 6.07) is 1.95. The first-order chi connectivity index (χ1) is 12.5. The molecule has 0 bridgehead atoms. The van der Waals surface area contributed by atoms with Crippen molar-refractivity contribution in [1.82, 2.24) is 30.0 Å². The summed E-state index contributed by atoms with van der Waals surface area (Å²) in [4.78, 5) is 12.4. The molecule has 3 N–H and O–H groups in total. The van der Waals surface area contributed by atoms with E-state index in [1.54, 1.807) is 4.68 Å². The van der Waals surface area contributed by atoms with Crippen molar-refractivity contribution in [2.45, 2.75) is 63.3 Å². The molecule has 1 amide bonds. The average molecular weight is 378 g/mol. The Bertz CT molecular complexity index is 763. The number of nitrogens with zero attached hydrogens (tertiary/aromatic N) is 5. The largest absolute Gasteiger partial charge is 0.355 e. The molecule has 0 radical (unpaired) electrons. The molecule has 1 aliphatic carbocycles. The van der Waals surface area contributed by atoms with Crippen molar-refractivity contribution >= 4 is 17.7 Å². The maximum atomic E-state index is 12.4. The molecule has 1 atom stereocenters. The van der Waals surface area contributed by atoms with Gasteiger partial charge in [-0.15, -0.1) is 10.2 Å². The van der Waals surface area contributed by atoms with Crippen LogP contribution in [0.1, 0.15) is 50.4 Å². The number of nitrogens with one attached hydrogen (secondary N) is 1. The number of rotatable bonds is 6. The van der Waals surface area contributed by atoms with Crippen LogP contribution in [0.5, 0.6) is 0 Å². The van der Waals surface area contributed by atoms with Crippen LogP contribution in [0.3, 0.4) is 0 Å². The van der Waals surface area contributed by atoms with Crippen LogP contribution in [0.15, 0.2) is 11.2 Å². The summed E-state index contributed by atoms with van der Waals surface area (Å²) in [5.74, 6) is 7.19. The predicted octanol–water partition coefficient (Wildman–Crippen LogP) is 1.97. The highest BCUT2D eigenvalue weighted by atomic mass is 32.2. The molecular weight excluding hydrogens is 350 g/mol. The zero-order valence-corrected chi connectivity index (χ0v) is 16.4. The Morgan fingerprint density at radius 1 is 1.35 bits per heavy atom. The van der Waals surface area contributed by atoms with Gasteiger partial charge in [0, 0.05) is 12.2 Å². The van der Waals surface area contributed by atoms with E-state index in [2.05, 4.69) is 20.6 Å². The van der Waals surface area contributed by atoms with Crippen molar-refractivity contribution in [3.8, 4) is 5.95 Å². The van der Waals surface area contributed by atoms with Gasteiger partial charge in [0.25, 0.3) is 5.95 Å². The van der Waals surface area contributed by atoms with E-state index in [4.69, 9.17) is 5.84 Å². The Balaban J connectivity index is 1.59. The van der Waals surface area contributed by atoms with Crippen molar-refractivity contribution in [2.75, 3.05) is 12.4 Å². The number of hydrogen-bond acceptors (Lipinski definition) is 6. The second kappa shape index (κ2) is 8.11. The van der Waals surface area contributed by atoms with E-state index >= 15 is 0 Å². The van der Waals surface area contributed by atoms with Crippen LogP contribution in [0.4, 0.5) is 0 Å². The van der Waals surface area contributed by atoms with Crippen LogP contribution in [-0.2, 0) is 4.79 Å². The van der Waals surface area contributed by atoms with E-state index in [9.17, 15) is 4.79 Å². The average Bonchev–Trinajstić information content (AvgIpc) is 3.15. The Hall–Kier alpha value is -2.03. The Morgan fingerprint density at radius 2 is 2.08 bits per heavy atom. The molecule has 1 unspecified atom stereocenters. The van der Waals surface area contributed by atoms with Crippen LogP contribution in [-0.4, -0.2) is 42.4 Å². The third kappa shape index (κ3) is 4.20. The lowest BCUT2D eigenvalue weighted by atomic mass is 9.89. The van der Waals surface area contributed by atoms with Crippen LogP contribution in [0, 0.1) is 19.8 Å². The Labute approximate surface area is 157 Å². The number of aryl methyl sites for hydroxylation is 2.